The summed E-state index contributed by atoms with van der Waals surface area (Å²) >= 11 is 0. The molecule has 0 heteroatoms. The summed E-state index contributed by atoms with van der Waals surface area (Å²) in [6.45, 7) is 14.7. The van der Waals surface area contributed by atoms with Crippen LogP contribution in [0, 0.1) is 0 Å². The minimum Gasteiger partial charge on any atom is -0.103 e. The molecule has 0 rings (SSSR count). The van der Waals surface area contributed by atoms with Gasteiger partial charge in [0.15, 0.2) is 0 Å². The highest BCUT2D eigenvalue weighted by Crippen LogP contribution is 1.96. The predicted molar refractivity (Wildman–Crippen MR) is 45.5 cm³/mol. The summed E-state index contributed by atoms with van der Waals surface area (Å²) in [6, 6.07) is 0. The van der Waals surface area contributed by atoms with Gasteiger partial charge in [0.2, 0.25) is 0 Å². The van der Waals surface area contributed by atoms with Crippen LogP contribution in [-0.2, 0) is 0 Å². The van der Waals surface area contributed by atoms with Crippen molar-refractivity contribution in [2.45, 2.75) is 20.3 Å². The number of hydrogen-bond donors (Lipinski definition) is 0. The van der Waals surface area contributed by atoms with Crippen LogP contribution in [0.3, 0.4) is 0 Å². The highest BCUT2D eigenvalue weighted by atomic mass is 13.8. The predicted octanol–water partition coefficient (Wildman–Crippen LogP) is 3.33. The maximum Gasteiger partial charge on any atom is -0.0106 e. The van der Waals surface area contributed by atoms with E-state index >= 15 is 0 Å². The van der Waals surface area contributed by atoms with Crippen molar-refractivity contribution < 1.29 is 0 Å². The lowest BCUT2D eigenvalue weighted by Gasteiger charge is -1.85. The normalized spacial score (nSPS) is 6.44. The highest BCUT2D eigenvalue weighted by molar-refractivity contribution is 5.13. The van der Waals surface area contributed by atoms with Crippen LogP contribution in [0.15, 0.2) is 37.5 Å². The molecule has 0 saturated carbocycles. The zero-order chi connectivity index (χ0) is 7.70. The summed E-state index contributed by atoms with van der Waals surface area (Å²) in [7, 11) is 0. The molecule has 0 aromatic carbocycles. The molecule has 0 aromatic heterocycles. The summed E-state index contributed by atoms with van der Waals surface area (Å²) in [6.07, 6.45) is 4.40. The fraction of sp³-hybridized carbons (Fsp3) is 0.333. The standard InChI is InChI=1S/C7H10.C2H6/c1-4-6-7(3)5-2;1-2/h4-5H,1-3,6H2;1-2H3. The van der Waals surface area contributed by atoms with Crippen LogP contribution in [0.4, 0.5) is 0 Å². The monoisotopic (exact) mass is 124 g/mol. The summed E-state index contributed by atoms with van der Waals surface area (Å²) in [4.78, 5) is 0. The van der Waals surface area contributed by atoms with Crippen molar-refractivity contribution in [2.75, 3.05) is 0 Å². The molecule has 0 radical (unpaired) electrons. The van der Waals surface area contributed by atoms with Gasteiger partial charge < -0.3 is 0 Å². The lowest BCUT2D eigenvalue weighted by atomic mass is 10.2. The molecule has 0 spiro atoms. The van der Waals surface area contributed by atoms with E-state index in [-0.39, 0.29) is 0 Å². The zero-order valence-electron chi connectivity index (χ0n) is 6.48. The molecular formula is C9H16. The first kappa shape index (κ1) is 11.1. The van der Waals surface area contributed by atoms with Gasteiger partial charge in [-0.1, -0.05) is 44.7 Å². The van der Waals surface area contributed by atoms with E-state index in [1.165, 1.54) is 0 Å². The molecule has 0 heterocycles. The van der Waals surface area contributed by atoms with Gasteiger partial charge in [-0.15, -0.1) is 6.58 Å². The Balaban J connectivity index is 0. The SMILES string of the molecule is C=CCC(=C)C=C.CC. The van der Waals surface area contributed by atoms with Crippen LogP contribution < -0.4 is 0 Å². The molecule has 0 atom stereocenters. The quantitative estimate of drug-likeness (QED) is 0.400. The molecule has 52 valence electrons. The molecule has 9 heavy (non-hydrogen) atoms. The molecule has 0 fully saturated rings. The van der Waals surface area contributed by atoms with Crippen molar-refractivity contribution in [3.63, 3.8) is 0 Å². The van der Waals surface area contributed by atoms with Crippen molar-refractivity contribution in [1.82, 2.24) is 0 Å². The van der Waals surface area contributed by atoms with Gasteiger partial charge in [-0.05, 0) is 6.42 Å². The lowest BCUT2D eigenvalue weighted by Crippen LogP contribution is -1.65. The Kier molecular flexibility index (Phi) is 12.6. The van der Waals surface area contributed by atoms with Gasteiger partial charge in [0.1, 0.15) is 0 Å². The first-order chi connectivity index (χ1) is 4.31. The molecule has 0 N–H and O–H groups in total. The van der Waals surface area contributed by atoms with E-state index in [9.17, 15) is 0 Å². The molecule has 0 bridgehead atoms. The van der Waals surface area contributed by atoms with E-state index in [1.54, 1.807) is 6.08 Å². The molecule has 0 nitrogen and oxygen atoms in total. The summed E-state index contributed by atoms with van der Waals surface area (Å²) in [5.74, 6) is 0. The van der Waals surface area contributed by atoms with Crippen LogP contribution in [0.1, 0.15) is 20.3 Å². The Hall–Kier alpha value is -0.780. The summed E-state index contributed by atoms with van der Waals surface area (Å²) < 4.78 is 0. The Morgan fingerprint density at radius 1 is 1.33 bits per heavy atom. The maximum absolute atomic E-state index is 3.67. The molecule has 0 amide bonds. The van der Waals surface area contributed by atoms with Crippen molar-refractivity contribution in [3.8, 4) is 0 Å². The molecule has 0 aliphatic heterocycles. The summed E-state index contributed by atoms with van der Waals surface area (Å²) in [5.41, 5.74) is 1.02. The van der Waals surface area contributed by atoms with E-state index in [0.29, 0.717) is 0 Å². The largest absolute Gasteiger partial charge is 0.103 e. The second-order valence-corrected chi connectivity index (χ2v) is 1.36. The maximum atomic E-state index is 3.67. The van der Waals surface area contributed by atoms with E-state index in [2.05, 4.69) is 19.7 Å². The first-order valence-corrected chi connectivity index (χ1v) is 3.22. The molecular weight excluding hydrogens is 108 g/mol. The lowest BCUT2D eigenvalue weighted by molar-refractivity contribution is 1.31. The van der Waals surface area contributed by atoms with E-state index < -0.39 is 0 Å². The second-order valence-electron chi connectivity index (χ2n) is 1.36. The van der Waals surface area contributed by atoms with Crippen LogP contribution in [0.5, 0.6) is 0 Å². The average molecular weight is 124 g/mol. The van der Waals surface area contributed by atoms with E-state index in [4.69, 9.17) is 0 Å². The van der Waals surface area contributed by atoms with Gasteiger partial charge in [-0.25, -0.2) is 0 Å². The molecule has 0 aliphatic rings. The van der Waals surface area contributed by atoms with Gasteiger partial charge in [0.05, 0.1) is 0 Å². The third-order valence-electron chi connectivity index (χ3n) is 0.695. The summed E-state index contributed by atoms with van der Waals surface area (Å²) in [5, 5.41) is 0. The number of rotatable bonds is 3. The number of allylic oxidation sites excluding steroid dienone is 3. The van der Waals surface area contributed by atoms with Crippen molar-refractivity contribution in [1.29, 1.82) is 0 Å². The van der Waals surface area contributed by atoms with Crippen LogP contribution in [0.25, 0.3) is 0 Å². The molecule has 0 unspecified atom stereocenters. The highest BCUT2D eigenvalue weighted by Gasteiger charge is 1.75. The first-order valence-electron chi connectivity index (χ1n) is 3.22. The Bertz CT molecular complexity index is 88.2. The van der Waals surface area contributed by atoms with Crippen LogP contribution in [0.2, 0.25) is 0 Å². The van der Waals surface area contributed by atoms with Crippen molar-refractivity contribution in [3.05, 3.63) is 37.5 Å². The third kappa shape index (κ3) is 11.0. The van der Waals surface area contributed by atoms with Crippen LogP contribution >= 0.6 is 0 Å². The van der Waals surface area contributed by atoms with Gasteiger partial charge in [0.25, 0.3) is 0 Å². The van der Waals surface area contributed by atoms with E-state index in [0.717, 1.165) is 12.0 Å². The Morgan fingerprint density at radius 2 is 1.78 bits per heavy atom. The fourth-order valence-electron chi connectivity index (χ4n) is 0.269. The van der Waals surface area contributed by atoms with Gasteiger partial charge >= 0.3 is 0 Å². The Morgan fingerprint density at radius 3 is 1.89 bits per heavy atom. The third-order valence-corrected chi connectivity index (χ3v) is 0.695. The van der Waals surface area contributed by atoms with Gasteiger partial charge in [-0.2, -0.15) is 0 Å². The molecule has 0 aromatic rings. The average Bonchev–Trinajstić information content (AvgIpc) is 1.93. The van der Waals surface area contributed by atoms with Crippen molar-refractivity contribution in [2.24, 2.45) is 0 Å². The minimum atomic E-state index is 0.851. The second kappa shape index (κ2) is 10.3. The topological polar surface area (TPSA) is 0 Å². The fourth-order valence-corrected chi connectivity index (χ4v) is 0.269. The van der Waals surface area contributed by atoms with Gasteiger partial charge in [-0.3, -0.25) is 0 Å². The molecule has 0 saturated heterocycles. The molecule has 0 aliphatic carbocycles. The van der Waals surface area contributed by atoms with Gasteiger partial charge in [0, 0.05) is 0 Å². The number of hydrogen-bond acceptors (Lipinski definition) is 0. The minimum absolute atomic E-state index is 0.851. The van der Waals surface area contributed by atoms with Crippen LogP contribution in [-0.4, -0.2) is 0 Å². The smallest absolute Gasteiger partial charge is 0.0106 e. The van der Waals surface area contributed by atoms with Crippen molar-refractivity contribution >= 4 is 0 Å². The Labute approximate surface area is 58.6 Å². The van der Waals surface area contributed by atoms with E-state index in [1.807, 2.05) is 19.9 Å². The zero-order valence-corrected chi connectivity index (χ0v) is 6.48.